The van der Waals surface area contributed by atoms with Gasteiger partial charge in [0.15, 0.2) is 11.5 Å². The maximum Gasteiger partial charge on any atom is 0.392 e. The Bertz CT molecular complexity index is 1210. The minimum atomic E-state index is -4.28. The zero-order valence-electron chi connectivity index (χ0n) is 14.5. The van der Waals surface area contributed by atoms with E-state index in [9.17, 15) is 18.3 Å². The predicted molar refractivity (Wildman–Crippen MR) is 95.4 cm³/mol. The molecule has 0 amide bonds. The van der Waals surface area contributed by atoms with E-state index in [-0.39, 0.29) is 12.8 Å². The lowest BCUT2D eigenvalue weighted by Crippen LogP contribution is -2.46. The van der Waals surface area contributed by atoms with Crippen molar-refractivity contribution in [2.45, 2.75) is 24.6 Å². The van der Waals surface area contributed by atoms with Crippen LogP contribution in [0.2, 0.25) is 0 Å². The van der Waals surface area contributed by atoms with Gasteiger partial charge in [-0.3, -0.25) is 0 Å². The minimum absolute atomic E-state index is 0.323. The molecular weight excluding hydrogens is 393 g/mol. The van der Waals surface area contributed by atoms with E-state index in [1.807, 2.05) is 0 Å². The Hall–Kier alpha value is -2.66. The van der Waals surface area contributed by atoms with Gasteiger partial charge in [-0.25, -0.2) is 19.6 Å². The van der Waals surface area contributed by atoms with Crippen molar-refractivity contribution in [2.24, 2.45) is 13.0 Å². The van der Waals surface area contributed by atoms with E-state index < -0.39 is 17.7 Å². The molecule has 7 nitrogen and oxygen atoms in total. The molecule has 0 aromatic carbocycles. The summed E-state index contributed by atoms with van der Waals surface area (Å²) < 4.78 is 39.9. The van der Waals surface area contributed by atoms with E-state index in [0.29, 0.717) is 37.6 Å². The third kappa shape index (κ3) is 2.65. The highest BCUT2D eigenvalue weighted by Crippen LogP contribution is 2.54. The molecule has 0 unspecified atom stereocenters. The number of thiophene rings is 1. The highest BCUT2D eigenvalue weighted by Gasteiger charge is 2.56. The maximum atomic E-state index is 12.8. The molecule has 4 aromatic rings. The molecule has 144 valence electrons. The van der Waals surface area contributed by atoms with Crippen molar-refractivity contribution in [2.75, 3.05) is 0 Å². The lowest BCUT2D eigenvalue weighted by atomic mass is 9.70. The smallest absolute Gasteiger partial charge is 0.384 e. The van der Waals surface area contributed by atoms with Gasteiger partial charge in [-0.05, 0) is 25.0 Å². The molecule has 28 heavy (non-hydrogen) atoms. The van der Waals surface area contributed by atoms with Crippen LogP contribution in [0.1, 0.15) is 17.7 Å². The van der Waals surface area contributed by atoms with Crippen LogP contribution in [0, 0.1) is 5.92 Å². The first-order valence-electron chi connectivity index (χ1n) is 8.45. The second-order valence-corrected chi connectivity index (χ2v) is 8.05. The zero-order chi connectivity index (χ0) is 19.7. The minimum Gasteiger partial charge on any atom is -0.384 e. The van der Waals surface area contributed by atoms with Gasteiger partial charge in [-0.15, -0.1) is 16.4 Å². The van der Waals surface area contributed by atoms with Crippen LogP contribution in [-0.2, 0) is 12.6 Å². The van der Waals surface area contributed by atoms with Crippen molar-refractivity contribution in [3.05, 3.63) is 29.4 Å². The molecule has 5 rings (SSSR count). The summed E-state index contributed by atoms with van der Waals surface area (Å²) in [5, 5.41) is 19.2. The second-order valence-electron chi connectivity index (χ2n) is 7.02. The molecule has 0 aliphatic heterocycles. The lowest BCUT2D eigenvalue weighted by Gasteiger charge is -2.43. The molecule has 0 spiro atoms. The summed E-state index contributed by atoms with van der Waals surface area (Å²) in [6.45, 7) is 0. The Morgan fingerprint density at radius 1 is 1.21 bits per heavy atom. The van der Waals surface area contributed by atoms with Crippen molar-refractivity contribution in [1.29, 1.82) is 0 Å². The summed E-state index contributed by atoms with van der Waals surface area (Å²) in [5.41, 5.74) is 0.447. The van der Waals surface area contributed by atoms with Crippen molar-refractivity contribution < 1.29 is 18.3 Å². The third-order valence-electron chi connectivity index (χ3n) is 5.06. The van der Waals surface area contributed by atoms with Crippen LogP contribution in [0.25, 0.3) is 32.8 Å². The molecule has 1 aliphatic rings. The Labute approximate surface area is 159 Å². The fraction of sp³-hybridized carbons (Fsp3) is 0.353. The number of aromatic nitrogens is 6. The van der Waals surface area contributed by atoms with Gasteiger partial charge in [0.1, 0.15) is 15.9 Å². The molecule has 4 heterocycles. The summed E-state index contributed by atoms with van der Waals surface area (Å²) in [5.74, 6) is -1.04. The van der Waals surface area contributed by atoms with Crippen molar-refractivity contribution in [3.8, 4) is 11.4 Å². The third-order valence-corrected chi connectivity index (χ3v) is 6.30. The lowest BCUT2D eigenvalue weighted by molar-refractivity contribution is -0.241. The van der Waals surface area contributed by atoms with E-state index in [1.165, 1.54) is 11.3 Å². The van der Waals surface area contributed by atoms with Crippen LogP contribution >= 0.6 is 11.3 Å². The number of fused-ring (bicyclic) bond motifs is 2. The molecule has 0 saturated heterocycles. The molecule has 1 fully saturated rings. The van der Waals surface area contributed by atoms with E-state index in [2.05, 4.69) is 25.3 Å². The number of halogens is 3. The monoisotopic (exact) mass is 406 g/mol. The Kier molecular flexibility index (Phi) is 3.53. The van der Waals surface area contributed by atoms with Gasteiger partial charge >= 0.3 is 6.18 Å². The summed E-state index contributed by atoms with van der Waals surface area (Å²) in [4.78, 5) is 14.2. The fourth-order valence-corrected chi connectivity index (χ4v) is 4.55. The number of hydrogen-bond donors (Lipinski definition) is 1. The number of pyridine rings is 1. The van der Waals surface area contributed by atoms with Gasteiger partial charge in [-0.2, -0.15) is 13.2 Å². The summed E-state index contributed by atoms with van der Waals surface area (Å²) in [6, 6.07) is 3.44. The average molecular weight is 406 g/mol. The Morgan fingerprint density at radius 2 is 2.00 bits per heavy atom. The topological polar surface area (TPSA) is 89.6 Å². The van der Waals surface area contributed by atoms with Crippen LogP contribution in [0.4, 0.5) is 13.2 Å². The fourth-order valence-electron chi connectivity index (χ4n) is 3.44. The van der Waals surface area contributed by atoms with Crippen molar-refractivity contribution >= 4 is 32.7 Å². The average Bonchev–Trinajstić information content (AvgIpc) is 3.21. The highest BCUT2D eigenvalue weighted by atomic mass is 32.1. The first-order chi connectivity index (χ1) is 13.2. The number of aryl methyl sites for hydroxylation is 1. The zero-order valence-corrected chi connectivity index (χ0v) is 15.3. The molecule has 11 heteroatoms. The molecule has 1 saturated carbocycles. The van der Waals surface area contributed by atoms with Gasteiger partial charge < -0.3 is 5.11 Å². The first-order valence-corrected chi connectivity index (χ1v) is 9.26. The van der Waals surface area contributed by atoms with Crippen LogP contribution in [0.3, 0.4) is 0 Å². The quantitative estimate of drug-likeness (QED) is 0.550. The Balaban J connectivity index is 1.48. The number of hydrogen-bond acceptors (Lipinski definition) is 7. The van der Waals surface area contributed by atoms with Gasteiger partial charge in [0.2, 0.25) is 0 Å². The standard InChI is InChI=1S/C17H13F3N6OS/c1-26-14-11(24-25-26)2-8(6-22-14)13-21-7-9-3-12(28-15(9)23-13)16(27)4-10(5-16)17(18,19)20/h2-3,6-7,10,27H,4-5H2,1H3. The molecule has 0 bridgehead atoms. The first kappa shape index (κ1) is 17.4. The molecular formula is C17H13F3N6OS. The second kappa shape index (κ2) is 5.67. The van der Waals surface area contributed by atoms with Crippen LogP contribution < -0.4 is 0 Å². The van der Waals surface area contributed by atoms with E-state index in [4.69, 9.17) is 0 Å². The van der Waals surface area contributed by atoms with Crippen LogP contribution in [0.5, 0.6) is 0 Å². The molecule has 4 aromatic heterocycles. The number of alkyl halides is 3. The highest BCUT2D eigenvalue weighted by molar-refractivity contribution is 7.18. The number of aliphatic hydroxyl groups is 1. The summed E-state index contributed by atoms with van der Waals surface area (Å²) >= 11 is 1.19. The van der Waals surface area contributed by atoms with Gasteiger partial charge in [0.05, 0.1) is 5.92 Å². The molecule has 1 N–H and O–H groups in total. The van der Waals surface area contributed by atoms with Crippen molar-refractivity contribution in [1.82, 2.24) is 29.9 Å². The normalized spacial score (nSPS) is 22.7. The van der Waals surface area contributed by atoms with Gasteiger partial charge in [-0.1, -0.05) is 5.21 Å². The summed E-state index contributed by atoms with van der Waals surface area (Å²) in [7, 11) is 1.74. The van der Waals surface area contributed by atoms with E-state index in [0.717, 1.165) is 0 Å². The number of rotatable bonds is 2. The van der Waals surface area contributed by atoms with Crippen LogP contribution in [-0.4, -0.2) is 41.2 Å². The van der Waals surface area contributed by atoms with Gasteiger partial charge in [0, 0.05) is 35.3 Å². The maximum absolute atomic E-state index is 12.8. The number of nitrogens with zero attached hydrogens (tertiary/aromatic N) is 6. The molecule has 1 aliphatic carbocycles. The van der Waals surface area contributed by atoms with E-state index in [1.54, 1.807) is 36.3 Å². The summed E-state index contributed by atoms with van der Waals surface area (Å²) in [6.07, 6.45) is -1.70. The SMILES string of the molecule is Cn1nnc2cc(-c3ncc4cc(C5(O)CC(C(F)(F)F)C5)sc4n3)cnc21. The molecule has 0 radical (unpaired) electrons. The van der Waals surface area contributed by atoms with E-state index >= 15 is 0 Å². The largest absolute Gasteiger partial charge is 0.392 e. The van der Waals surface area contributed by atoms with Crippen molar-refractivity contribution in [3.63, 3.8) is 0 Å². The molecule has 0 atom stereocenters. The van der Waals surface area contributed by atoms with Gasteiger partial charge in [0.25, 0.3) is 0 Å². The predicted octanol–water partition coefficient (Wildman–Crippen LogP) is 3.19. The van der Waals surface area contributed by atoms with Crippen LogP contribution in [0.15, 0.2) is 24.5 Å². The Morgan fingerprint density at radius 3 is 2.75 bits per heavy atom.